The molecule has 0 radical (unpaired) electrons. The van der Waals surface area contributed by atoms with Crippen LogP contribution < -0.4 is 9.47 Å². The molecule has 0 aliphatic carbocycles. The topological polar surface area (TPSA) is 35.5 Å². The van der Waals surface area contributed by atoms with Crippen LogP contribution in [0, 0.1) is 0 Å². The van der Waals surface area contributed by atoms with Crippen molar-refractivity contribution in [2.24, 2.45) is 0 Å². The van der Waals surface area contributed by atoms with E-state index in [2.05, 4.69) is 31.2 Å². The third-order valence-electron chi connectivity index (χ3n) is 4.11. The van der Waals surface area contributed by atoms with E-state index in [4.69, 9.17) is 9.47 Å². The highest BCUT2D eigenvalue weighted by Crippen LogP contribution is 2.38. The molecule has 2 aromatic rings. The maximum atomic E-state index is 11.4. The van der Waals surface area contributed by atoms with Gasteiger partial charge >= 0.3 is 5.97 Å². The maximum Gasteiger partial charge on any atom is 0.310 e. The fraction of sp³-hybridized carbons (Fsp3) is 0.316. The fourth-order valence-corrected chi connectivity index (χ4v) is 2.85. The van der Waals surface area contributed by atoms with Crippen molar-refractivity contribution in [1.82, 2.24) is 0 Å². The Morgan fingerprint density at radius 1 is 1.23 bits per heavy atom. The molecule has 1 heterocycles. The fourth-order valence-electron chi connectivity index (χ4n) is 2.85. The van der Waals surface area contributed by atoms with E-state index >= 15 is 0 Å². The number of fused-ring (bicyclic) bond motifs is 1. The number of rotatable bonds is 3. The quantitative estimate of drug-likeness (QED) is 0.631. The van der Waals surface area contributed by atoms with Crippen molar-refractivity contribution in [3.8, 4) is 11.5 Å². The number of hydrogen-bond acceptors (Lipinski definition) is 3. The van der Waals surface area contributed by atoms with Gasteiger partial charge in [0.25, 0.3) is 0 Å². The van der Waals surface area contributed by atoms with Crippen LogP contribution in [0.2, 0.25) is 0 Å². The highest BCUT2D eigenvalue weighted by Gasteiger charge is 2.28. The molecular weight excluding hydrogens is 276 g/mol. The molecule has 0 spiro atoms. The van der Waals surface area contributed by atoms with Gasteiger partial charge in [-0.25, -0.2) is 0 Å². The van der Waals surface area contributed by atoms with Crippen molar-refractivity contribution >= 4 is 5.97 Å². The molecule has 0 bridgehead atoms. The van der Waals surface area contributed by atoms with Gasteiger partial charge < -0.3 is 9.47 Å². The minimum atomic E-state index is -0.231. The molecule has 1 aliphatic rings. The summed E-state index contributed by atoms with van der Waals surface area (Å²) in [5.41, 5.74) is 2.45. The Labute approximate surface area is 130 Å². The first-order valence-corrected chi connectivity index (χ1v) is 7.72. The summed E-state index contributed by atoms with van der Waals surface area (Å²) in [6.45, 7) is 3.87. The molecule has 22 heavy (non-hydrogen) atoms. The first-order valence-electron chi connectivity index (χ1n) is 7.72. The molecular formula is C19H20O3. The molecule has 114 valence electrons. The molecule has 0 aromatic heterocycles. The average molecular weight is 296 g/mol. The Bertz CT molecular complexity index is 664. The van der Waals surface area contributed by atoms with E-state index in [1.807, 2.05) is 24.3 Å². The number of ether oxygens (including phenoxy) is 2. The Morgan fingerprint density at radius 2 is 2.00 bits per heavy atom. The SMILES string of the molecule is CCC(=O)Oc1ccc2c(c1)OC(C)C(c1ccccc1)C2. The van der Waals surface area contributed by atoms with Crippen LogP contribution in [-0.4, -0.2) is 12.1 Å². The third-order valence-corrected chi connectivity index (χ3v) is 4.11. The van der Waals surface area contributed by atoms with Crippen LogP contribution in [0.25, 0.3) is 0 Å². The van der Waals surface area contributed by atoms with Crippen LogP contribution in [0.5, 0.6) is 11.5 Å². The van der Waals surface area contributed by atoms with Crippen molar-refractivity contribution in [3.05, 3.63) is 59.7 Å². The Morgan fingerprint density at radius 3 is 2.73 bits per heavy atom. The smallest absolute Gasteiger partial charge is 0.310 e. The molecule has 3 rings (SSSR count). The highest BCUT2D eigenvalue weighted by atomic mass is 16.5. The molecule has 0 amide bonds. The van der Waals surface area contributed by atoms with Gasteiger partial charge in [-0.3, -0.25) is 4.79 Å². The summed E-state index contributed by atoms with van der Waals surface area (Å²) >= 11 is 0. The summed E-state index contributed by atoms with van der Waals surface area (Å²) in [7, 11) is 0. The molecule has 3 heteroatoms. The summed E-state index contributed by atoms with van der Waals surface area (Å²) < 4.78 is 11.3. The molecule has 2 aromatic carbocycles. The summed E-state index contributed by atoms with van der Waals surface area (Å²) in [4.78, 5) is 11.4. The van der Waals surface area contributed by atoms with Crippen molar-refractivity contribution in [2.75, 3.05) is 0 Å². The predicted molar refractivity (Wildman–Crippen MR) is 85.3 cm³/mol. The summed E-state index contributed by atoms with van der Waals surface area (Å²) in [6.07, 6.45) is 1.39. The zero-order valence-electron chi connectivity index (χ0n) is 12.9. The summed E-state index contributed by atoms with van der Waals surface area (Å²) in [6, 6.07) is 16.1. The van der Waals surface area contributed by atoms with Crippen LogP contribution in [0.3, 0.4) is 0 Å². The van der Waals surface area contributed by atoms with Crippen LogP contribution >= 0.6 is 0 Å². The lowest BCUT2D eigenvalue weighted by Gasteiger charge is -2.32. The van der Waals surface area contributed by atoms with E-state index in [1.165, 1.54) is 5.56 Å². The van der Waals surface area contributed by atoms with Gasteiger partial charge in [-0.05, 0) is 30.5 Å². The molecule has 2 unspecified atom stereocenters. The lowest BCUT2D eigenvalue weighted by molar-refractivity contribution is -0.134. The normalized spacial score (nSPS) is 19.9. The van der Waals surface area contributed by atoms with Gasteiger partial charge in [0, 0.05) is 18.4 Å². The molecule has 0 fully saturated rings. The van der Waals surface area contributed by atoms with Gasteiger partial charge in [0.05, 0.1) is 0 Å². The standard InChI is InChI=1S/C19H20O3/c1-3-19(20)22-16-10-9-15-11-17(13(2)21-18(15)12-16)14-7-5-4-6-8-14/h4-10,12-13,17H,3,11H2,1-2H3. The third kappa shape index (κ3) is 2.98. The molecule has 0 saturated heterocycles. The van der Waals surface area contributed by atoms with Crippen molar-refractivity contribution < 1.29 is 14.3 Å². The summed E-state index contributed by atoms with van der Waals surface area (Å²) in [5, 5.41) is 0. The van der Waals surface area contributed by atoms with E-state index in [9.17, 15) is 4.79 Å². The lowest BCUT2D eigenvalue weighted by Crippen LogP contribution is -2.28. The molecule has 3 nitrogen and oxygen atoms in total. The molecule has 0 N–H and O–H groups in total. The van der Waals surface area contributed by atoms with Gasteiger partial charge in [0.15, 0.2) is 0 Å². The van der Waals surface area contributed by atoms with Crippen LogP contribution in [0.1, 0.15) is 37.3 Å². The van der Waals surface area contributed by atoms with Gasteiger partial charge in [-0.2, -0.15) is 0 Å². The van der Waals surface area contributed by atoms with Crippen molar-refractivity contribution in [3.63, 3.8) is 0 Å². The second kappa shape index (κ2) is 6.22. The van der Waals surface area contributed by atoms with Crippen LogP contribution in [-0.2, 0) is 11.2 Å². The highest BCUT2D eigenvalue weighted by molar-refractivity contribution is 5.72. The zero-order valence-corrected chi connectivity index (χ0v) is 12.9. The largest absolute Gasteiger partial charge is 0.490 e. The second-order valence-corrected chi connectivity index (χ2v) is 5.64. The molecule has 1 aliphatic heterocycles. The molecule has 2 atom stereocenters. The number of benzene rings is 2. The van der Waals surface area contributed by atoms with Gasteiger partial charge in [-0.15, -0.1) is 0 Å². The minimum absolute atomic E-state index is 0.0898. The number of hydrogen-bond donors (Lipinski definition) is 0. The van der Waals surface area contributed by atoms with Gasteiger partial charge in [-0.1, -0.05) is 43.3 Å². The monoisotopic (exact) mass is 296 g/mol. The Kier molecular flexibility index (Phi) is 4.14. The van der Waals surface area contributed by atoms with Gasteiger partial charge in [0.2, 0.25) is 0 Å². The van der Waals surface area contributed by atoms with E-state index in [1.54, 1.807) is 6.92 Å². The van der Waals surface area contributed by atoms with Crippen LogP contribution in [0.4, 0.5) is 0 Å². The number of esters is 1. The predicted octanol–water partition coefficient (Wildman–Crippen LogP) is 4.11. The van der Waals surface area contributed by atoms with E-state index in [-0.39, 0.29) is 12.1 Å². The Balaban J connectivity index is 1.83. The van der Waals surface area contributed by atoms with E-state index in [0.717, 1.165) is 17.7 Å². The van der Waals surface area contributed by atoms with Crippen molar-refractivity contribution in [2.45, 2.75) is 38.7 Å². The first-order chi connectivity index (χ1) is 10.7. The van der Waals surface area contributed by atoms with E-state index in [0.29, 0.717) is 18.1 Å². The first kappa shape index (κ1) is 14.6. The van der Waals surface area contributed by atoms with Crippen molar-refractivity contribution in [1.29, 1.82) is 0 Å². The molecule has 0 saturated carbocycles. The Hall–Kier alpha value is -2.29. The zero-order chi connectivity index (χ0) is 15.5. The second-order valence-electron chi connectivity index (χ2n) is 5.64. The lowest BCUT2D eigenvalue weighted by atomic mass is 9.85. The average Bonchev–Trinajstić information content (AvgIpc) is 2.55. The van der Waals surface area contributed by atoms with E-state index < -0.39 is 0 Å². The van der Waals surface area contributed by atoms with Gasteiger partial charge in [0.1, 0.15) is 17.6 Å². The van der Waals surface area contributed by atoms with Crippen LogP contribution in [0.15, 0.2) is 48.5 Å². The number of carbonyl (C=O) groups excluding carboxylic acids is 1. The summed E-state index contributed by atoms with van der Waals surface area (Å²) in [5.74, 6) is 1.49. The number of carbonyl (C=O) groups is 1. The maximum absolute atomic E-state index is 11.4. The minimum Gasteiger partial charge on any atom is -0.490 e.